The zero-order valence-corrected chi connectivity index (χ0v) is 14.4. The van der Waals surface area contributed by atoms with E-state index in [2.05, 4.69) is 4.98 Å². The SMILES string of the molecule is COc1ccc2[nH]c(C)c(C(C(=O)O)C(=O)c3ccc(Cl)cc3)c2c1. The lowest BCUT2D eigenvalue weighted by atomic mass is 9.88. The van der Waals surface area contributed by atoms with Crippen LogP contribution in [0.5, 0.6) is 5.75 Å². The summed E-state index contributed by atoms with van der Waals surface area (Å²) in [4.78, 5) is 28.0. The number of carbonyl (C=O) groups excluding carboxylic acids is 1. The molecule has 128 valence electrons. The quantitative estimate of drug-likeness (QED) is 0.530. The highest BCUT2D eigenvalue weighted by Gasteiger charge is 2.33. The molecule has 0 aliphatic heterocycles. The van der Waals surface area contributed by atoms with Gasteiger partial charge in [-0.05, 0) is 49.4 Å². The Hall–Kier alpha value is -2.79. The van der Waals surface area contributed by atoms with Crippen LogP contribution in [0.4, 0.5) is 0 Å². The number of aromatic nitrogens is 1. The lowest BCUT2D eigenvalue weighted by Gasteiger charge is -2.13. The van der Waals surface area contributed by atoms with Gasteiger partial charge in [0.25, 0.3) is 0 Å². The van der Waals surface area contributed by atoms with Crippen LogP contribution in [0.15, 0.2) is 42.5 Å². The topological polar surface area (TPSA) is 79.4 Å². The summed E-state index contributed by atoms with van der Waals surface area (Å²) < 4.78 is 5.22. The third-order valence-corrected chi connectivity index (χ3v) is 4.42. The monoisotopic (exact) mass is 357 g/mol. The Labute approximate surface area is 149 Å². The number of carboxylic acids is 1. The molecule has 6 heteroatoms. The van der Waals surface area contributed by atoms with Crippen molar-refractivity contribution in [2.45, 2.75) is 12.8 Å². The highest BCUT2D eigenvalue weighted by molar-refractivity contribution is 6.30. The molecule has 0 aliphatic rings. The molecule has 1 unspecified atom stereocenters. The second kappa shape index (κ2) is 6.61. The van der Waals surface area contributed by atoms with Crippen LogP contribution >= 0.6 is 11.6 Å². The molecule has 1 atom stereocenters. The van der Waals surface area contributed by atoms with E-state index in [0.717, 1.165) is 5.52 Å². The third-order valence-electron chi connectivity index (χ3n) is 4.17. The van der Waals surface area contributed by atoms with E-state index in [1.165, 1.54) is 19.2 Å². The molecular weight excluding hydrogens is 342 g/mol. The van der Waals surface area contributed by atoms with Crippen molar-refractivity contribution in [1.82, 2.24) is 4.98 Å². The Morgan fingerprint density at radius 1 is 1.16 bits per heavy atom. The largest absolute Gasteiger partial charge is 0.497 e. The van der Waals surface area contributed by atoms with Crippen LogP contribution in [0.2, 0.25) is 5.02 Å². The summed E-state index contributed by atoms with van der Waals surface area (Å²) in [5.74, 6) is -2.42. The Kier molecular flexibility index (Phi) is 4.51. The van der Waals surface area contributed by atoms with Gasteiger partial charge in [0.1, 0.15) is 11.7 Å². The first-order valence-corrected chi connectivity index (χ1v) is 7.99. The van der Waals surface area contributed by atoms with E-state index in [9.17, 15) is 14.7 Å². The number of aromatic amines is 1. The van der Waals surface area contributed by atoms with Crippen molar-refractivity contribution in [3.05, 3.63) is 64.3 Å². The number of hydrogen-bond donors (Lipinski definition) is 2. The summed E-state index contributed by atoms with van der Waals surface area (Å²) in [6.45, 7) is 1.76. The highest BCUT2D eigenvalue weighted by Crippen LogP contribution is 2.34. The third kappa shape index (κ3) is 3.10. The van der Waals surface area contributed by atoms with Crippen molar-refractivity contribution in [1.29, 1.82) is 0 Å². The molecule has 1 aromatic heterocycles. The minimum atomic E-state index is -1.32. The zero-order valence-electron chi connectivity index (χ0n) is 13.7. The second-order valence-electron chi connectivity index (χ2n) is 5.72. The molecule has 3 aromatic rings. The maximum absolute atomic E-state index is 12.9. The van der Waals surface area contributed by atoms with Crippen molar-refractivity contribution in [3.63, 3.8) is 0 Å². The van der Waals surface area contributed by atoms with Gasteiger partial charge in [0.05, 0.1) is 7.11 Å². The van der Waals surface area contributed by atoms with Crippen LogP contribution in [0.1, 0.15) is 27.5 Å². The van der Waals surface area contributed by atoms with Crippen LogP contribution in [-0.2, 0) is 4.79 Å². The lowest BCUT2D eigenvalue weighted by Crippen LogP contribution is -2.22. The van der Waals surface area contributed by atoms with Crippen LogP contribution in [0.3, 0.4) is 0 Å². The van der Waals surface area contributed by atoms with E-state index < -0.39 is 17.7 Å². The summed E-state index contributed by atoms with van der Waals surface area (Å²) in [6, 6.07) is 11.5. The van der Waals surface area contributed by atoms with E-state index in [1.807, 2.05) is 0 Å². The van der Waals surface area contributed by atoms with Crippen LogP contribution in [-0.4, -0.2) is 29.0 Å². The molecule has 2 aromatic carbocycles. The molecule has 0 amide bonds. The van der Waals surface area contributed by atoms with Gasteiger partial charge in [-0.25, -0.2) is 0 Å². The number of benzene rings is 2. The van der Waals surface area contributed by atoms with Crippen molar-refractivity contribution in [2.24, 2.45) is 0 Å². The van der Waals surface area contributed by atoms with Gasteiger partial charge >= 0.3 is 5.97 Å². The molecular formula is C19H16ClNO4. The van der Waals surface area contributed by atoms with Crippen molar-refractivity contribution >= 4 is 34.3 Å². The molecule has 3 rings (SSSR count). The normalized spacial score (nSPS) is 12.1. The summed E-state index contributed by atoms with van der Waals surface area (Å²) >= 11 is 5.85. The van der Waals surface area contributed by atoms with Gasteiger partial charge in [-0.3, -0.25) is 9.59 Å². The highest BCUT2D eigenvalue weighted by atomic mass is 35.5. The number of rotatable bonds is 5. The summed E-state index contributed by atoms with van der Waals surface area (Å²) in [7, 11) is 1.54. The molecule has 0 fully saturated rings. The maximum Gasteiger partial charge on any atom is 0.319 e. The minimum absolute atomic E-state index is 0.299. The minimum Gasteiger partial charge on any atom is -0.497 e. The number of methoxy groups -OCH3 is 1. The predicted molar refractivity (Wildman–Crippen MR) is 95.7 cm³/mol. The Balaban J connectivity index is 2.17. The Bertz CT molecular complexity index is 959. The van der Waals surface area contributed by atoms with E-state index in [-0.39, 0.29) is 0 Å². The van der Waals surface area contributed by atoms with Crippen molar-refractivity contribution in [2.75, 3.05) is 7.11 Å². The molecule has 0 spiro atoms. The number of halogens is 1. The Morgan fingerprint density at radius 2 is 1.84 bits per heavy atom. The number of fused-ring (bicyclic) bond motifs is 1. The first kappa shape index (κ1) is 17.0. The molecule has 2 N–H and O–H groups in total. The number of aryl methyl sites for hydroxylation is 1. The number of carboxylic acid groups (broad SMARTS) is 1. The number of nitrogens with one attached hydrogen (secondary N) is 1. The molecule has 0 bridgehead atoms. The first-order valence-electron chi connectivity index (χ1n) is 7.61. The summed E-state index contributed by atoms with van der Waals surface area (Å²) in [5.41, 5.74) is 2.14. The van der Waals surface area contributed by atoms with E-state index in [1.54, 1.807) is 37.3 Å². The molecule has 5 nitrogen and oxygen atoms in total. The molecule has 25 heavy (non-hydrogen) atoms. The van der Waals surface area contributed by atoms with Gasteiger partial charge < -0.3 is 14.8 Å². The van der Waals surface area contributed by atoms with Crippen LogP contribution in [0.25, 0.3) is 10.9 Å². The number of Topliss-reactive ketones (excluding diaryl/α,β-unsaturated/α-hetero) is 1. The standard InChI is InChI=1S/C19H16ClNO4/c1-10-16(14-9-13(25-2)7-8-15(14)21-10)17(19(23)24)18(22)11-3-5-12(20)6-4-11/h3-9,17,21H,1-2H3,(H,23,24). The van der Waals surface area contributed by atoms with Gasteiger partial charge in [0.15, 0.2) is 5.78 Å². The molecule has 0 saturated carbocycles. The molecule has 1 heterocycles. The summed E-state index contributed by atoms with van der Waals surface area (Å²) in [5, 5.41) is 10.9. The lowest BCUT2D eigenvalue weighted by molar-refractivity contribution is -0.137. The molecule has 0 saturated heterocycles. The van der Waals surface area contributed by atoms with Gasteiger partial charge in [0.2, 0.25) is 0 Å². The maximum atomic E-state index is 12.9. The average Bonchev–Trinajstić information content (AvgIpc) is 2.90. The number of aliphatic carboxylic acids is 1. The van der Waals surface area contributed by atoms with Gasteiger partial charge in [-0.1, -0.05) is 11.6 Å². The number of hydrogen-bond acceptors (Lipinski definition) is 3. The van der Waals surface area contributed by atoms with E-state index >= 15 is 0 Å². The van der Waals surface area contributed by atoms with E-state index in [4.69, 9.17) is 16.3 Å². The Morgan fingerprint density at radius 3 is 2.44 bits per heavy atom. The predicted octanol–water partition coefficient (Wildman–Crippen LogP) is 4.19. The van der Waals surface area contributed by atoms with E-state index in [0.29, 0.717) is 33.0 Å². The van der Waals surface area contributed by atoms with Gasteiger partial charge in [-0.2, -0.15) is 0 Å². The number of carbonyl (C=O) groups is 2. The zero-order chi connectivity index (χ0) is 18.1. The number of ketones is 1. The average molecular weight is 358 g/mol. The summed E-state index contributed by atoms with van der Waals surface area (Å²) in [6.07, 6.45) is 0. The van der Waals surface area contributed by atoms with Crippen LogP contribution in [0, 0.1) is 6.92 Å². The second-order valence-corrected chi connectivity index (χ2v) is 6.15. The fourth-order valence-corrected chi connectivity index (χ4v) is 3.10. The van der Waals surface area contributed by atoms with Crippen molar-refractivity contribution in [3.8, 4) is 5.75 Å². The smallest absolute Gasteiger partial charge is 0.319 e. The van der Waals surface area contributed by atoms with Gasteiger partial charge in [0, 0.05) is 32.7 Å². The first-order chi connectivity index (χ1) is 11.9. The number of H-pyrrole nitrogens is 1. The van der Waals surface area contributed by atoms with Crippen LogP contribution < -0.4 is 4.74 Å². The fourth-order valence-electron chi connectivity index (χ4n) is 2.97. The molecule has 0 aliphatic carbocycles. The van der Waals surface area contributed by atoms with Crippen molar-refractivity contribution < 1.29 is 19.4 Å². The number of ether oxygens (including phenoxy) is 1. The fraction of sp³-hybridized carbons (Fsp3) is 0.158. The molecule has 0 radical (unpaired) electrons. The van der Waals surface area contributed by atoms with Gasteiger partial charge in [-0.15, -0.1) is 0 Å².